The van der Waals surface area contributed by atoms with Crippen LogP contribution < -0.4 is 11.1 Å². The van der Waals surface area contributed by atoms with Crippen molar-refractivity contribution in [2.45, 2.75) is 6.92 Å². The minimum atomic E-state index is -0.162. The fraction of sp³-hybridized carbons (Fsp3) is 0.250. The molecule has 4 N–H and O–H groups in total. The molecule has 4 nitrogen and oxygen atoms in total. The highest BCUT2D eigenvalue weighted by atomic mass is 16.3. The molecule has 0 heterocycles. The van der Waals surface area contributed by atoms with Gasteiger partial charge in [0.05, 0.1) is 0 Å². The summed E-state index contributed by atoms with van der Waals surface area (Å²) in [6, 6.07) is 4.75. The van der Waals surface area contributed by atoms with Crippen molar-refractivity contribution in [2.24, 2.45) is 5.73 Å². The molecule has 1 aromatic carbocycles. The number of rotatable bonds is 4. The summed E-state index contributed by atoms with van der Waals surface area (Å²) in [7, 11) is 0. The predicted octanol–water partition coefficient (Wildman–Crippen LogP) is 0.945. The molecule has 1 aromatic rings. The molecule has 0 bridgehead atoms. The summed E-state index contributed by atoms with van der Waals surface area (Å²) >= 11 is 0. The number of hydrogen-bond donors (Lipinski definition) is 3. The standard InChI is InChI=1S/C12H16N2O2/c1-9-8-10(4-5-11(9)15)12(16)14-7-3-2-6-13/h2-5,8,15H,6-7,13H2,1H3,(H,14,16)/b3-2+. The molecule has 0 atom stereocenters. The Labute approximate surface area is 94.8 Å². The molecular formula is C12H16N2O2. The average Bonchev–Trinajstić information content (AvgIpc) is 2.28. The van der Waals surface area contributed by atoms with Crippen LogP contribution in [0.4, 0.5) is 0 Å². The Bertz CT molecular complexity index is 400. The van der Waals surface area contributed by atoms with Crippen LogP contribution in [0.2, 0.25) is 0 Å². The highest BCUT2D eigenvalue weighted by Crippen LogP contribution is 2.16. The van der Waals surface area contributed by atoms with Crippen LogP contribution in [-0.4, -0.2) is 24.1 Å². The Kier molecular flexibility index (Phi) is 4.54. The van der Waals surface area contributed by atoms with E-state index in [4.69, 9.17) is 5.73 Å². The minimum Gasteiger partial charge on any atom is -0.508 e. The van der Waals surface area contributed by atoms with Crippen molar-refractivity contribution in [1.29, 1.82) is 0 Å². The summed E-state index contributed by atoms with van der Waals surface area (Å²) in [6.45, 7) is 2.67. The smallest absolute Gasteiger partial charge is 0.251 e. The monoisotopic (exact) mass is 220 g/mol. The van der Waals surface area contributed by atoms with Crippen LogP contribution in [0.3, 0.4) is 0 Å². The molecule has 0 fully saturated rings. The number of phenols is 1. The lowest BCUT2D eigenvalue weighted by Crippen LogP contribution is -2.23. The van der Waals surface area contributed by atoms with Crippen LogP contribution >= 0.6 is 0 Å². The summed E-state index contributed by atoms with van der Waals surface area (Å²) < 4.78 is 0. The molecule has 0 radical (unpaired) electrons. The Morgan fingerprint density at radius 2 is 2.25 bits per heavy atom. The lowest BCUT2D eigenvalue weighted by Gasteiger charge is -2.04. The Hall–Kier alpha value is -1.81. The zero-order valence-corrected chi connectivity index (χ0v) is 9.23. The largest absolute Gasteiger partial charge is 0.508 e. The first-order chi connectivity index (χ1) is 7.65. The molecule has 0 aliphatic carbocycles. The fourth-order valence-corrected chi connectivity index (χ4v) is 1.23. The zero-order valence-electron chi connectivity index (χ0n) is 9.23. The number of carbonyl (C=O) groups is 1. The first kappa shape index (κ1) is 12.3. The van der Waals surface area contributed by atoms with Crippen LogP contribution in [0.25, 0.3) is 0 Å². The topological polar surface area (TPSA) is 75.4 Å². The van der Waals surface area contributed by atoms with E-state index in [1.165, 1.54) is 6.07 Å². The number of aromatic hydroxyl groups is 1. The SMILES string of the molecule is Cc1cc(C(=O)NC/C=C/CN)ccc1O. The molecule has 4 heteroatoms. The molecule has 0 saturated heterocycles. The highest BCUT2D eigenvalue weighted by molar-refractivity contribution is 5.94. The minimum absolute atomic E-state index is 0.162. The number of aryl methyl sites for hydroxylation is 1. The number of nitrogens with two attached hydrogens (primary N) is 1. The van der Waals surface area contributed by atoms with Crippen LogP contribution in [0.1, 0.15) is 15.9 Å². The third-order valence-electron chi connectivity index (χ3n) is 2.14. The highest BCUT2D eigenvalue weighted by Gasteiger charge is 2.05. The van der Waals surface area contributed by atoms with Gasteiger partial charge in [-0.3, -0.25) is 4.79 Å². The maximum atomic E-state index is 11.6. The van der Waals surface area contributed by atoms with Gasteiger partial charge in [-0.25, -0.2) is 0 Å². The molecule has 0 saturated carbocycles. The third-order valence-corrected chi connectivity index (χ3v) is 2.14. The van der Waals surface area contributed by atoms with Gasteiger partial charge in [0.2, 0.25) is 0 Å². The van der Waals surface area contributed by atoms with E-state index < -0.39 is 0 Å². The van der Waals surface area contributed by atoms with Crippen LogP contribution in [-0.2, 0) is 0 Å². The lowest BCUT2D eigenvalue weighted by molar-refractivity contribution is 0.0958. The van der Waals surface area contributed by atoms with Crippen molar-refractivity contribution in [3.63, 3.8) is 0 Å². The molecule has 86 valence electrons. The number of carbonyl (C=O) groups excluding carboxylic acids is 1. The van der Waals surface area contributed by atoms with Gasteiger partial charge in [-0.05, 0) is 30.7 Å². The molecule has 16 heavy (non-hydrogen) atoms. The first-order valence-electron chi connectivity index (χ1n) is 5.08. The van der Waals surface area contributed by atoms with Gasteiger partial charge < -0.3 is 16.2 Å². The maximum Gasteiger partial charge on any atom is 0.251 e. The van der Waals surface area contributed by atoms with E-state index in [1.54, 1.807) is 31.2 Å². The first-order valence-corrected chi connectivity index (χ1v) is 5.08. The molecule has 1 rings (SSSR count). The van der Waals surface area contributed by atoms with Crippen molar-refractivity contribution in [3.05, 3.63) is 41.5 Å². The Morgan fingerprint density at radius 3 is 2.88 bits per heavy atom. The van der Waals surface area contributed by atoms with Crippen molar-refractivity contribution >= 4 is 5.91 Å². The van der Waals surface area contributed by atoms with E-state index in [0.717, 1.165) is 0 Å². The van der Waals surface area contributed by atoms with E-state index in [1.807, 2.05) is 0 Å². The normalized spacial score (nSPS) is 10.6. The summed E-state index contributed by atoms with van der Waals surface area (Å²) in [4.78, 5) is 11.6. The predicted molar refractivity (Wildman–Crippen MR) is 63.4 cm³/mol. The summed E-state index contributed by atoms with van der Waals surface area (Å²) in [6.07, 6.45) is 3.58. The number of benzene rings is 1. The van der Waals surface area contributed by atoms with E-state index in [0.29, 0.717) is 24.2 Å². The van der Waals surface area contributed by atoms with Gasteiger partial charge in [-0.1, -0.05) is 12.2 Å². The third kappa shape index (κ3) is 3.40. The van der Waals surface area contributed by atoms with Gasteiger partial charge >= 0.3 is 0 Å². The number of amides is 1. The average molecular weight is 220 g/mol. The maximum absolute atomic E-state index is 11.6. The van der Waals surface area contributed by atoms with Gasteiger partial charge in [0.25, 0.3) is 5.91 Å². The molecular weight excluding hydrogens is 204 g/mol. The van der Waals surface area contributed by atoms with Crippen molar-refractivity contribution < 1.29 is 9.90 Å². The Morgan fingerprint density at radius 1 is 1.50 bits per heavy atom. The second-order valence-corrected chi connectivity index (χ2v) is 3.42. The van der Waals surface area contributed by atoms with Gasteiger partial charge in [0.15, 0.2) is 0 Å². The van der Waals surface area contributed by atoms with Gasteiger partial charge in [0.1, 0.15) is 5.75 Å². The zero-order chi connectivity index (χ0) is 12.0. The van der Waals surface area contributed by atoms with Crippen LogP contribution in [0, 0.1) is 6.92 Å². The van der Waals surface area contributed by atoms with Gasteiger partial charge in [-0.15, -0.1) is 0 Å². The van der Waals surface area contributed by atoms with Crippen molar-refractivity contribution in [2.75, 3.05) is 13.1 Å². The fourth-order valence-electron chi connectivity index (χ4n) is 1.23. The molecule has 0 aliphatic heterocycles. The number of hydrogen-bond acceptors (Lipinski definition) is 3. The molecule has 0 aromatic heterocycles. The molecule has 0 spiro atoms. The number of phenolic OH excluding ortho intramolecular Hbond substituents is 1. The van der Waals surface area contributed by atoms with Crippen LogP contribution in [0.15, 0.2) is 30.4 Å². The summed E-state index contributed by atoms with van der Waals surface area (Å²) in [5, 5.41) is 12.0. The molecule has 0 unspecified atom stereocenters. The summed E-state index contributed by atoms with van der Waals surface area (Å²) in [5.41, 5.74) is 6.49. The Balaban J connectivity index is 2.59. The van der Waals surface area contributed by atoms with Gasteiger partial charge in [0, 0.05) is 18.7 Å². The summed E-state index contributed by atoms with van der Waals surface area (Å²) in [5.74, 6) is 0.0318. The molecule has 1 amide bonds. The van der Waals surface area contributed by atoms with E-state index in [9.17, 15) is 9.90 Å². The second-order valence-electron chi connectivity index (χ2n) is 3.42. The number of nitrogens with one attached hydrogen (secondary N) is 1. The van der Waals surface area contributed by atoms with Crippen molar-refractivity contribution in [1.82, 2.24) is 5.32 Å². The van der Waals surface area contributed by atoms with Crippen LogP contribution in [0.5, 0.6) is 5.75 Å². The van der Waals surface area contributed by atoms with E-state index in [2.05, 4.69) is 5.32 Å². The quantitative estimate of drug-likeness (QED) is 0.661. The van der Waals surface area contributed by atoms with Gasteiger partial charge in [-0.2, -0.15) is 0 Å². The molecule has 0 aliphatic rings. The lowest BCUT2D eigenvalue weighted by atomic mass is 10.1. The van der Waals surface area contributed by atoms with E-state index in [-0.39, 0.29) is 11.7 Å². The van der Waals surface area contributed by atoms with Crippen molar-refractivity contribution in [3.8, 4) is 5.75 Å². The van der Waals surface area contributed by atoms with E-state index >= 15 is 0 Å². The second kappa shape index (κ2) is 5.92.